The first-order valence-electron chi connectivity index (χ1n) is 11.3. The summed E-state index contributed by atoms with van der Waals surface area (Å²) in [4.78, 5) is 39.3. The third-order valence-corrected chi connectivity index (χ3v) is 8.99. The lowest BCUT2D eigenvalue weighted by Gasteiger charge is -2.25. The average Bonchev–Trinajstić information content (AvgIpc) is 3.26. The molecule has 1 aliphatic rings. The van der Waals surface area contributed by atoms with Gasteiger partial charge in [-0.05, 0) is 41.8 Å². The lowest BCUT2D eigenvalue weighted by molar-refractivity contribution is 0.0999. The van der Waals surface area contributed by atoms with Gasteiger partial charge in [0.15, 0.2) is 0 Å². The number of nitrogens with one attached hydrogen (secondary N) is 1. The lowest BCUT2D eigenvalue weighted by atomic mass is 10.0. The van der Waals surface area contributed by atoms with Gasteiger partial charge in [-0.2, -0.15) is 4.31 Å². The first-order chi connectivity index (χ1) is 17.6. The monoisotopic (exact) mass is 542 g/mol. The molecule has 10 nitrogen and oxygen atoms in total. The highest BCUT2D eigenvalue weighted by atomic mass is 32.2. The Morgan fingerprint density at radius 1 is 1.11 bits per heavy atom. The number of amides is 3. The predicted molar refractivity (Wildman–Crippen MR) is 139 cm³/mol. The largest absolute Gasteiger partial charge is 0.453 e. The molecule has 1 aliphatic heterocycles. The molecule has 0 fully saturated rings. The van der Waals surface area contributed by atoms with Crippen LogP contribution in [0.15, 0.2) is 59.5 Å². The lowest BCUT2D eigenvalue weighted by Crippen LogP contribution is -2.35. The van der Waals surface area contributed by atoms with Crippen molar-refractivity contribution in [3.05, 3.63) is 81.7 Å². The minimum atomic E-state index is -3.77. The van der Waals surface area contributed by atoms with E-state index in [2.05, 4.69) is 5.32 Å². The summed E-state index contributed by atoms with van der Waals surface area (Å²) in [6.45, 7) is 0.808. The number of methoxy groups -OCH3 is 1. The minimum absolute atomic E-state index is 0.0507. The van der Waals surface area contributed by atoms with Crippen molar-refractivity contribution >= 4 is 44.3 Å². The molecule has 3 amide bonds. The molecule has 194 valence electrons. The number of carbonyl (C=O) groups is 3. The fraction of sp³-hybridized carbons (Fsp3) is 0.240. The Morgan fingerprint density at radius 3 is 2.41 bits per heavy atom. The topological polar surface area (TPSA) is 139 Å². The molecular weight excluding hydrogens is 516 g/mol. The normalized spacial score (nSPS) is 13.2. The maximum absolute atomic E-state index is 13.0. The van der Waals surface area contributed by atoms with Crippen molar-refractivity contribution in [3.8, 4) is 0 Å². The summed E-state index contributed by atoms with van der Waals surface area (Å²) >= 11 is 1.17. The van der Waals surface area contributed by atoms with Gasteiger partial charge in [-0.3, -0.25) is 9.59 Å². The van der Waals surface area contributed by atoms with Crippen LogP contribution in [-0.4, -0.2) is 56.2 Å². The molecule has 1 aromatic heterocycles. The quantitative estimate of drug-likeness (QED) is 0.471. The van der Waals surface area contributed by atoms with Crippen LogP contribution >= 0.6 is 11.3 Å². The molecule has 0 spiro atoms. The zero-order chi connectivity index (χ0) is 26.7. The minimum Gasteiger partial charge on any atom is -0.453 e. The van der Waals surface area contributed by atoms with E-state index < -0.39 is 27.9 Å². The fourth-order valence-corrected chi connectivity index (χ4v) is 6.52. The predicted octanol–water partition coefficient (Wildman–Crippen LogP) is 3.04. The number of hydrogen-bond acceptors (Lipinski definition) is 7. The van der Waals surface area contributed by atoms with Crippen molar-refractivity contribution in [1.82, 2.24) is 9.21 Å². The molecule has 0 atom stereocenters. The Morgan fingerprint density at radius 2 is 1.78 bits per heavy atom. The van der Waals surface area contributed by atoms with Gasteiger partial charge in [-0.25, -0.2) is 13.2 Å². The summed E-state index contributed by atoms with van der Waals surface area (Å²) in [5, 5.41) is 3.01. The van der Waals surface area contributed by atoms with Gasteiger partial charge in [0, 0.05) is 30.6 Å². The number of nitrogens with two attached hydrogens (primary N) is 1. The number of ether oxygens (including phenoxy) is 1. The van der Waals surface area contributed by atoms with Crippen LogP contribution in [-0.2, 0) is 34.3 Å². The van der Waals surface area contributed by atoms with E-state index in [1.165, 1.54) is 59.0 Å². The Balaban J connectivity index is 1.51. The Bertz CT molecular complexity index is 1440. The number of rotatable bonds is 7. The molecule has 2 heterocycles. The molecule has 0 saturated carbocycles. The van der Waals surface area contributed by atoms with Crippen LogP contribution in [0.1, 0.15) is 36.7 Å². The van der Waals surface area contributed by atoms with E-state index in [1.807, 2.05) is 30.3 Å². The van der Waals surface area contributed by atoms with Crippen LogP contribution in [0, 0.1) is 0 Å². The van der Waals surface area contributed by atoms with Crippen LogP contribution in [0.4, 0.5) is 9.80 Å². The Hall–Kier alpha value is -3.74. The van der Waals surface area contributed by atoms with E-state index in [-0.39, 0.29) is 34.1 Å². The molecule has 0 radical (unpaired) electrons. The van der Waals surface area contributed by atoms with Gasteiger partial charge < -0.3 is 20.7 Å². The fourth-order valence-electron chi connectivity index (χ4n) is 4.10. The maximum Gasteiger partial charge on any atom is 0.409 e. The Kier molecular flexibility index (Phi) is 7.62. The molecule has 12 heteroatoms. The second-order valence-electron chi connectivity index (χ2n) is 8.44. The molecule has 2 aromatic carbocycles. The van der Waals surface area contributed by atoms with Gasteiger partial charge in [0.2, 0.25) is 10.0 Å². The van der Waals surface area contributed by atoms with Crippen LogP contribution in [0.25, 0.3) is 0 Å². The van der Waals surface area contributed by atoms with Gasteiger partial charge >= 0.3 is 6.09 Å². The standard InChI is InChI=1S/C25H26N4O6S2/c1-28(14-16-6-4-3-5-7-16)37(33,34)18-10-8-17(9-11-18)23(31)27-24-21(22(26)30)19-12-13-29(25(32)35-2)15-20(19)36-24/h3-11H,12-15H2,1-2H3,(H2,26,30)(H,27,31). The van der Waals surface area contributed by atoms with E-state index >= 15 is 0 Å². The molecule has 3 N–H and O–H groups in total. The highest BCUT2D eigenvalue weighted by molar-refractivity contribution is 7.89. The third kappa shape index (κ3) is 5.50. The number of sulfonamides is 1. The molecule has 4 rings (SSSR count). The summed E-state index contributed by atoms with van der Waals surface area (Å²) in [6, 6.07) is 14.8. The summed E-state index contributed by atoms with van der Waals surface area (Å²) in [5.74, 6) is -1.20. The molecule has 0 unspecified atom stereocenters. The van der Waals surface area contributed by atoms with Gasteiger partial charge in [-0.15, -0.1) is 11.3 Å². The van der Waals surface area contributed by atoms with E-state index in [0.717, 1.165) is 10.4 Å². The molecule has 0 saturated heterocycles. The molecular formula is C25H26N4O6S2. The smallest absolute Gasteiger partial charge is 0.409 e. The second kappa shape index (κ2) is 10.7. The van der Waals surface area contributed by atoms with Gasteiger partial charge in [0.1, 0.15) is 5.00 Å². The number of nitrogens with zero attached hydrogens (tertiary/aromatic N) is 2. The van der Waals surface area contributed by atoms with Crippen molar-refractivity contribution in [2.75, 3.05) is 26.0 Å². The van der Waals surface area contributed by atoms with Gasteiger partial charge in [-0.1, -0.05) is 30.3 Å². The van der Waals surface area contributed by atoms with Gasteiger partial charge in [0.25, 0.3) is 11.8 Å². The Labute approximate surface area is 218 Å². The SMILES string of the molecule is COC(=O)N1CCc2c(sc(NC(=O)c3ccc(S(=O)(=O)N(C)Cc4ccccc4)cc3)c2C(N)=O)C1. The van der Waals surface area contributed by atoms with Crippen molar-refractivity contribution in [2.24, 2.45) is 5.73 Å². The van der Waals surface area contributed by atoms with E-state index in [0.29, 0.717) is 18.5 Å². The summed E-state index contributed by atoms with van der Waals surface area (Å²) in [7, 11) is -0.983. The number of hydrogen-bond donors (Lipinski definition) is 2. The van der Waals surface area contributed by atoms with E-state index in [4.69, 9.17) is 10.5 Å². The van der Waals surface area contributed by atoms with Crippen molar-refractivity contribution in [2.45, 2.75) is 24.4 Å². The maximum atomic E-state index is 13.0. The number of primary amides is 1. The summed E-state index contributed by atoms with van der Waals surface area (Å²) in [5.41, 5.74) is 7.60. The highest BCUT2D eigenvalue weighted by Crippen LogP contribution is 2.37. The molecule has 0 aliphatic carbocycles. The zero-order valence-electron chi connectivity index (χ0n) is 20.3. The van der Waals surface area contributed by atoms with Crippen LogP contribution in [0.5, 0.6) is 0 Å². The number of carbonyl (C=O) groups excluding carboxylic acids is 3. The average molecular weight is 543 g/mol. The molecule has 3 aromatic rings. The van der Waals surface area contributed by atoms with Crippen molar-refractivity contribution < 1.29 is 27.5 Å². The van der Waals surface area contributed by atoms with Crippen LogP contribution in [0.2, 0.25) is 0 Å². The van der Waals surface area contributed by atoms with Crippen LogP contribution in [0.3, 0.4) is 0 Å². The number of thiophene rings is 1. The number of fused-ring (bicyclic) bond motifs is 1. The molecule has 0 bridgehead atoms. The van der Waals surface area contributed by atoms with Gasteiger partial charge in [0.05, 0.1) is 24.1 Å². The third-order valence-electron chi connectivity index (χ3n) is 6.04. The van der Waals surface area contributed by atoms with E-state index in [1.54, 1.807) is 0 Å². The van der Waals surface area contributed by atoms with E-state index in [9.17, 15) is 22.8 Å². The second-order valence-corrected chi connectivity index (χ2v) is 11.6. The molecule has 37 heavy (non-hydrogen) atoms. The first-order valence-corrected chi connectivity index (χ1v) is 13.6. The highest BCUT2D eigenvalue weighted by Gasteiger charge is 2.30. The van der Waals surface area contributed by atoms with Crippen molar-refractivity contribution in [3.63, 3.8) is 0 Å². The summed E-state index contributed by atoms with van der Waals surface area (Å²) < 4.78 is 32.0. The number of benzene rings is 2. The zero-order valence-corrected chi connectivity index (χ0v) is 21.9. The van der Waals surface area contributed by atoms with Crippen LogP contribution < -0.4 is 11.1 Å². The number of anilines is 1. The van der Waals surface area contributed by atoms with Crippen molar-refractivity contribution in [1.29, 1.82) is 0 Å². The summed E-state index contributed by atoms with van der Waals surface area (Å²) in [6.07, 6.45) is -0.0762. The first kappa shape index (κ1) is 26.3.